The highest BCUT2D eigenvalue weighted by molar-refractivity contribution is 7.28. The molecule has 0 fully saturated rings. The largest absolute Gasteiger partial charge is 0.456 e. The number of benzene rings is 2. The maximum atomic E-state index is 12.9. The summed E-state index contributed by atoms with van der Waals surface area (Å²) in [6.07, 6.45) is 0.573. The molecular formula is C42H42O4S4. The molecule has 4 aromatic heterocycles. The van der Waals surface area contributed by atoms with Gasteiger partial charge < -0.3 is 9.47 Å². The molecule has 6 rings (SSSR count). The molecule has 2 atom stereocenters. The lowest BCUT2D eigenvalue weighted by molar-refractivity contribution is -0.159. The fourth-order valence-electron chi connectivity index (χ4n) is 5.19. The van der Waals surface area contributed by atoms with E-state index in [0.717, 1.165) is 30.6 Å². The molecule has 0 amide bonds. The minimum atomic E-state index is -0.579. The van der Waals surface area contributed by atoms with Crippen LogP contribution in [-0.2, 0) is 31.9 Å². The number of rotatable bonds is 11. The molecule has 6 aromatic rings. The molecule has 0 aliphatic carbocycles. The second-order valence-corrected chi connectivity index (χ2v) is 18.8. The second kappa shape index (κ2) is 15.2. The van der Waals surface area contributed by atoms with Gasteiger partial charge >= 0.3 is 11.9 Å². The number of carbonyl (C=O) groups excluding carboxylic acids is 2. The summed E-state index contributed by atoms with van der Waals surface area (Å²) >= 11 is 6.93. The molecule has 0 radical (unpaired) electrons. The van der Waals surface area contributed by atoms with Crippen molar-refractivity contribution in [3.63, 3.8) is 0 Å². The van der Waals surface area contributed by atoms with E-state index in [4.69, 9.17) is 9.47 Å². The van der Waals surface area contributed by atoms with E-state index in [2.05, 4.69) is 72.8 Å². The van der Waals surface area contributed by atoms with E-state index >= 15 is 0 Å². The molecule has 0 aliphatic rings. The number of esters is 2. The summed E-state index contributed by atoms with van der Waals surface area (Å²) in [5.41, 5.74) is 1.11. The smallest absolute Gasteiger partial charge is 0.311 e. The van der Waals surface area contributed by atoms with Crippen LogP contribution in [0.2, 0.25) is 0 Å². The Balaban J connectivity index is 1.19. The van der Waals surface area contributed by atoms with Gasteiger partial charge in [0.2, 0.25) is 0 Å². The normalized spacial score (nSPS) is 13.2. The first-order valence-corrected chi connectivity index (χ1v) is 20.0. The van der Waals surface area contributed by atoms with Gasteiger partial charge in [-0.05, 0) is 101 Å². The lowest BCUT2D eigenvalue weighted by atomic mass is 9.97. The highest BCUT2D eigenvalue weighted by Gasteiger charge is 2.30. The number of ether oxygens (including phenoxy) is 2. The highest BCUT2D eigenvalue weighted by Crippen LogP contribution is 2.45. The molecule has 0 saturated heterocycles. The van der Waals surface area contributed by atoms with Crippen LogP contribution in [0.5, 0.6) is 0 Å². The van der Waals surface area contributed by atoms with Crippen LogP contribution >= 0.6 is 45.3 Å². The Hall–Kier alpha value is -3.82. The van der Waals surface area contributed by atoms with Gasteiger partial charge in [-0.2, -0.15) is 0 Å². The van der Waals surface area contributed by atoms with E-state index in [-0.39, 0.29) is 24.1 Å². The Morgan fingerprint density at radius 3 is 1.08 bits per heavy atom. The first kappa shape index (κ1) is 36.0. The second-order valence-electron chi connectivity index (χ2n) is 14.4. The lowest BCUT2D eigenvalue weighted by Crippen LogP contribution is -2.25. The Bertz CT molecular complexity index is 1890. The zero-order valence-corrected chi connectivity index (χ0v) is 32.5. The van der Waals surface area contributed by atoms with E-state index in [1.165, 1.54) is 19.5 Å². The first-order chi connectivity index (χ1) is 23.8. The average Bonchev–Trinajstić information content (AvgIpc) is 3.90. The van der Waals surface area contributed by atoms with Gasteiger partial charge in [0, 0.05) is 51.9 Å². The van der Waals surface area contributed by atoms with Gasteiger partial charge in [0.25, 0.3) is 0 Å². The van der Waals surface area contributed by atoms with Crippen LogP contribution in [0.25, 0.3) is 29.3 Å². The molecule has 0 saturated carbocycles. The van der Waals surface area contributed by atoms with Crippen molar-refractivity contribution in [2.45, 2.75) is 66.6 Å². The summed E-state index contributed by atoms with van der Waals surface area (Å²) in [7, 11) is 0. The van der Waals surface area contributed by atoms with Crippen LogP contribution in [0.4, 0.5) is 0 Å². The van der Waals surface area contributed by atoms with Gasteiger partial charge in [0.15, 0.2) is 0 Å². The van der Waals surface area contributed by atoms with Crippen molar-refractivity contribution < 1.29 is 19.1 Å². The summed E-state index contributed by atoms with van der Waals surface area (Å²) in [6.45, 7) is 11.3. The van der Waals surface area contributed by atoms with Crippen LogP contribution in [0, 0.1) is 10.8 Å². The van der Waals surface area contributed by atoms with E-state index < -0.39 is 10.8 Å². The van der Waals surface area contributed by atoms with Gasteiger partial charge in [-0.15, -0.1) is 45.3 Å². The molecular weight excluding hydrogens is 697 g/mol. The topological polar surface area (TPSA) is 52.6 Å². The fourth-order valence-corrected chi connectivity index (χ4v) is 9.55. The van der Waals surface area contributed by atoms with E-state index in [1.807, 2.05) is 77.9 Å². The monoisotopic (exact) mass is 738 g/mol. The molecule has 0 aliphatic heterocycles. The van der Waals surface area contributed by atoms with Crippen LogP contribution in [0.3, 0.4) is 0 Å². The van der Waals surface area contributed by atoms with Crippen molar-refractivity contribution in [2.75, 3.05) is 0 Å². The summed E-state index contributed by atoms with van der Waals surface area (Å²) in [6, 6.07) is 37.6. The molecule has 0 N–H and O–H groups in total. The fraction of sp³-hybridized carbons (Fsp3) is 0.286. The van der Waals surface area contributed by atoms with Gasteiger partial charge in [0.05, 0.1) is 10.8 Å². The van der Waals surface area contributed by atoms with Gasteiger partial charge in [-0.3, -0.25) is 9.59 Å². The number of thiophene rings is 4. The summed E-state index contributed by atoms with van der Waals surface area (Å²) < 4.78 is 12.2. The standard InChI is InChI=1S/C42H42O4S4/c1-41(2,3)39(43)45-29(25-27-13-9-7-10-14-27)31-17-19-33(47-31)35-21-23-37(49-35)38-24-22-36(50-38)34-20-18-32(48-34)30(46-40(44)42(4,5)6)26-28-15-11-8-12-16-28/h7-24,29-30H,25-26H2,1-6H3. The third-order valence-electron chi connectivity index (χ3n) is 8.08. The van der Waals surface area contributed by atoms with Gasteiger partial charge in [-0.1, -0.05) is 60.7 Å². The minimum Gasteiger partial charge on any atom is -0.456 e. The first-order valence-electron chi connectivity index (χ1n) is 16.7. The van der Waals surface area contributed by atoms with Gasteiger partial charge in [-0.25, -0.2) is 0 Å². The predicted octanol–water partition coefficient (Wildman–Crippen LogP) is 12.7. The third kappa shape index (κ3) is 8.90. The molecule has 50 heavy (non-hydrogen) atoms. The average molecular weight is 739 g/mol. The van der Waals surface area contributed by atoms with E-state index in [9.17, 15) is 9.59 Å². The molecule has 2 unspecified atom stereocenters. The third-order valence-corrected chi connectivity index (χ3v) is 13.2. The van der Waals surface area contributed by atoms with Crippen molar-refractivity contribution in [3.8, 4) is 29.3 Å². The van der Waals surface area contributed by atoms with Crippen molar-refractivity contribution in [1.82, 2.24) is 0 Å². The lowest BCUT2D eigenvalue weighted by Gasteiger charge is -2.23. The number of hydrogen-bond acceptors (Lipinski definition) is 8. The molecule has 258 valence electrons. The number of hydrogen-bond donors (Lipinski definition) is 0. The van der Waals surface area contributed by atoms with Crippen molar-refractivity contribution in [3.05, 3.63) is 130 Å². The zero-order valence-electron chi connectivity index (χ0n) is 29.2. The summed E-state index contributed by atoms with van der Waals surface area (Å²) in [5.74, 6) is -0.397. The summed E-state index contributed by atoms with van der Waals surface area (Å²) in [5, 5.41) is 0. The number of carbonyl (C=O) groups is 2. The van der Waals surface area contributed by atoms with E-state index in [1.54, 1.807) is 45.3 Å². The predicted molar refractivity (Wildman–Crippen MR) is 211 cm³/mol. The maximum absolute atomic E-state index is 12.9. The molecule has 0 bridgehead atoms. The van der Waals surface area contributed by atoms with Crippen LogP contribution in [-0.4, -0.2) is 11.9 Å². The Morgan fingerprint density at radius 2 is 0.760 bits per heavy atom. The Kier molecular flexibility index (Phi) is 10.9. The van der Waals surface area contributed by atoms with Crippen LogP contribution in [0.1, 0.15) is 74.6 Å². The molecule has 2 aromatic carbocycles. The maximum Gasteiger partial charge on any atom is 0.311 e. The molecule has 8 heteroatoms. The van der Waals surface area contributed by atoms with Crippen molar-refractivity contribution in [2.24, 2.45) is 10.8 Å². The Morgan fingerprint density at radius 1 is 0.460 bits per heavy atom. The van der Waals surface area contributed by atoms with E-state index in [0.29, 0.717) is 12.8 Å². The zero-order chi connectivity index (χ0) is 35.5. The van der Waals surface area contributed by atoms with Gasteiger partial charge in [0.1, 0.15) is 12.2 Å². The van der Waals surface area contributed by atoms with Crippen molar-refractivity contribution >= 4 is 57.3 Å². The molecule has 4 nitrogen and oxygen atoms in total. The summed E-state index contributed by atoms with van der Waals surface area (Å²) in [4.78, 5) is 35.1. The van der Waals surface area contributed by atoms with Crippen LogP contribution in [0.15, 0.2) is 109 Å². The highest BCUT2D eigenvalue weighted by atomic mass is 32.1. The molecule has 4 heterocycles. The minimum absolute atomic E-state index is 0.198. The van der Waals surface area contributed by atoms with Crippen molar-refractivity contribution in [1.29, 1.82) is 0 Å². The quantitative estimate of drug-likeness (QED) is 0.124. The SMILES string of the molecule is CC(C)(C)C(=O)OC(Cc1ccccc1)c1ccc(-c2ccc(-c3ccc(-c4ccc(C(Cc5ccccc5)OC(=O)C(C)(C)C)s4)s3)s2)s1. The molecule has 0 spiro atoms. The van der Waals surface area contributed by atoms with Crippen LogP contribution < -0.4 is 0 Å². The Labute approximate surface area is 311 Å².